The van der Waals surface area contributed by atoms with E-state index in [0.717, 1.165) is 0 Å². The summed E-state index contributed by atoms with van der Waals surface area (Å²) in [6, 6.07) is 8.97. The lowest BCUT2D eigenvalue weighted by Gasteiger charge is -2.34. The summed E-state index contributed by atoms with van der Waals surface area (Å²) in [5, 5.41) is 58.2. The standard InChI is InChI=1S/C22H17FO9/c23-18-11(7-15(27)19(28)20(18)29)22(30)32-17-8-10-12(24)2-1-3-16(10)31-21(17)9-4-5-13(25)14(26)6-9/h1-7,17,21,24-29H,8H2/t17-,21?/m1/s1. The highest BCUT2D eigenvalue weighted by Crippen LogP contribution is 2.43. The maximum absolute atomic E-state index is 14.3. The second-order valence-corrected chi connectivity index (χ2v) is 7.14. The number of aromatic hydroxyl groups is 6. The fourth-order valence-electron chi connectivity index (χ4n) is 3.46. The second-order valence-electron chi connectivity index (χ2n) is 7.14. The molecule has 0 bridgehead atoms. The molecule has 1 aliphatic rings. The molecule has 0 saturated heterocycles. The van der Waals surface area contributed by atoms with Crippen LogP contribution in [0.4, 0.5) is 4.39 Å². The van der Waals surface area contributed by atoms with Gasteiger partial charge in [-0.2, -0.15) is 0 Å². The van der Waals surface area contributed by atoms with Gasteiger partial charge in [0.1, 0.15) is 23.2 Å². The van der Waals surface area contributed by atoms with Crippen LogP contribution in [-0.4, -0.2) is 42.7 Å². The largest absolute Gasteiger partial charge is 0.508 e. The number of hydrogen-bond donors (Lipinski definition) is 6. The van der Waals surface area contributed by atoms with E-state index in [2.05, 4.69) is 0 Å². The number of benzene rings is 3. The molecule has 1 heterocycles. The van der Waals surface area contributed by atoms with Crippen molar-refractivity contribution in [2.75, 3.05) is 0 Å². The third kappa shape index (κ3) is 3.51. The van der Waals surface area contributed by atoms with Gasteiger partial charge < -0.3 is 40.1 Å². The molecule has 0 aliphatic carbocycles. The monoisotopic (exact) mass is 444 g/mol. The Morgan fingerprint density at radius 1 is 0.906 bits per heavy atom. The van der Waals surface area contributed by atoms with Crippen LogP contribution in [0.15, 0.2) is 42.5 Å². The van der Waals surface area contributed by atoms with Gasteiger partial charge in [0.15, 0.2) is 34.9 Å². The molecule has 0 saturated carbocycles. The first-order chi connectivity index (χ1) is 15.2. The van der Waals surface area contributed by atoms with Crippen LogP contribution < -0.4 is 4.74 Å². The molecule has 1 unspecified atom stereocenters. The van der Waals surface area contributed by atoms with Gasteiger partial charge >= 0.3 is 5.97 Å². The van der Waals surface area contributed by atoms with Crippen molar-refractivity contribution in [2.24, 2.45) is 0 Å². The zero-order chi connectivity index (χ0) is 23.2. The Balaban J connectivity index is 1.73. The van der Waals surface area contributed by atoms with E-state index in [9.17, 15) is 39.8 Å². The average Bonchev–Trinajstić information content (AvgIpc) is 2.77. The van der Waals surface area contributed by atoms with E-state index >= 15 is 0 Å². The number of fused-ring (bicyclic) bond motifs is 1. The van der Waals surface area contributed by atoms with Crippen LogP contribution in [0, 0.1) is 5.82 Å². The first kappa shape index (κ1) is 20.9. The Labute approximate surface area is 179 Å². The van der Waals surface area contributed by atoms with Crippen molar-refractivity contribution in [2.45, 2.75) is 18.6 Å². The Kier molecular flexibility index (Phi) is 5.05. The highest BCUT2D eigenvalue weighted by Gasteiger charge is 2.37. The molecule has 2 atom stereocenters. The van der Waals surface area contributed by atoms with Crippen molar-refractivity contribution in [1.29, 1.82) is 0 Å². The third-order valence-electron chi connectivity index (χ3n) is 5.10. The molecule has 4 rings (SSSR count). The number of esters is 1. The zero-order valence-corrected chi connectivity index (χ0v) is 16.2. The molecule has 10 heteroatoms. The SMILES string of the molecule is O=C(O[C@@H]1Cc2c(O)cccc2OC1c1ccc(O)c(O)c1)c1cc(O)c(O)c(O)c1F. The van der Waals surface area contributed by atoms with E-state index in [1.54, 1.807) is 12.1 Å². The molecular formula is C22H17FO9. The zero-order valence-electron chi connectivity index (χ0n) is 16.2. The maximum atomic E-state index is 14.3. The highest BCUT2D eigenvalue weighted by atomic mass is 19.1. The first-order valence-corrected chi connectivity index (χ1v) is 9.31. The van der Waals surface area contributed by atoms with Gasteiger partial charge in [-0.25, -0.2) is 9.18 Å². The van der Waals surface area contributed by atoms with Gasteiger partial charge in [-0.15, -0.1) is 0 Å². The number of carbonyl (C=O) groups excluding carboxylic acids is 1. The van der Waals surface area contributed by atoms with E-state index in [1.807, 2.05) is 0 Å². The molecule has 0 radical (unpaired) electrons. The molecule has 0 aromatic heterocycles. The quantitative estimate of drug-likeness (QED) is 0.264. The lowest BCUT2D eigenvalue weighted by atomic mass is 9.93. The maximum Gasteiger partial charge on any atom is 0.341 e. The summed E-state index contributed by atoms with van der Waals surface area (Å²) < 4.78 is 25.6. The second kappa shape index (κ2) is 7.73. The number of carbonyl (C=O) groups is 1. The van der Waals surface area contributed by atoms with E-state index in [4.69, 9.17) is 9.47 Å². The molecule has 3 aromatic carbocycles. The van der Waals surface area contributed by atoms with Crippen LogP contribution in [0.3, 0.4) is 0 Å². The molecule has 32 heavy (non-hydrogen) atoms. The topological polar surface area (TPSA) is 157 Å². The van der Waals surface area contributed by atoms with Crippen molar-refractivity contribution in [3.05, 3.63) is 65.0 Å². The lowest BCUT2D eigenvalue weighted by Crippen LogP contribution is -2.35. The Morgan fingerprint density at radius 2 is 1.66 bits per heavy atom. The normalized spacial score (nSPS) is 17.3. The van der Waals surface area contributed by atoms with Gasteiger partial charge in [0.25, 0.3) is 0 Å². The molecule has 9 nitrogen and oxygen atoms in total. The van der Waals surface area contributed by atoms with Gasteiger partial charge in [0.2, 0.25) is 5.75 Å². The van der Waals surface area contributed by atoms with Crippen LogP contribution in [0.5, 0.6) is 40.2 Å². The summed E-state index contributed by atoms with van der Waals surface area (Å²) in [4.78, 5) is 12.7. The Bertz CT molecular complexity index is 1220. The fraction of sp³-hybridized carbons (Fsp3) is 0.136. The number of rotatable bonds is 3. The van der Waals surface area contributed by atoms with E-state index < -0.39 is 52.6 Å². The van der Waals surface area contributed by atoms with Crippen molar-refractivity contribution in [3.8, 4) is 40.2 Å². The Morgan fingerprint density at radius 3 is 2.38 bits per heavy atom. The van der Waals surface area contributed by atoms with E-state index in [1.165, 1.54) is 24.3 Å². The summed E-state index contributed by atoms with van der Waals surface area (Å²) in [6.07, 6.45) is -2.23. The molecule has 0 spiro atoms. The summed E-state index contributed by atoms with van der Waals surface area (Å²) >= 11 is 0. The molecule has 0 fully saturated rings. The van der Waals surface area contributed by atoms with Crippen LogP contribution in [-0.2, 0) is 11.2 Å². The van der Waals surface area contributed by atoms with Gasteiger partial charge in [0.05, 0.1) is 0 Å². The van der Waals surface area contributed by atoms with Crippen LogP contribution >= 0.6 is 0 Å². The van der Waals surface area contributed by atoms with Gasteiger partial charge in [-0.3, -0.25) is 0 Å². The van der Waals surface area contributed by atoms with E-state index in [0.29, 0.717) is 22.9 Å². The van der Waals surface area contributed by atoms with Gasteiger partial charge in [0, 0.05) is 23.6 Å². The molecule has 6 N–H and O–H groups in total. The van der Waals surface area contributed by atoms with Crippen LogP contribution in [0.2, 0.25) is 0 Å². The van der Waals surface area contributed by atoms with Crippen LogP contribution in [0.1, 0.15) is 27.6 Å². The molecule has 166 valence electrons. The van der Waals surface area contributed by atoms with Crippen LogP contribution in [0.25, 0.3) is 0 Å². The number of phenols is 6. The summed E-state index contributed by atoms with van der Waals surface area (Å²) in [7, 11) is 0. The minimum Gasteiger partial charge on any atom is -0.508 e. The molecule has 0 amide bonds. The molecular weight excluding hydrogens is 427 g/mol. The van der Waals surface area contributed by atoms with Gasteiger partial charge in [-0.1, -0.05) is 12.1 Å². The lowest BCUT2D eigenvalue weighted by molar-refractivity contribution is -0.0191. The smallest absolute Gasteiger partial charge is 0.341 e. The summed E-state index contributed by atoms with van der Waals surface area (Å²) in [6.45, 7) is 0. The molecule has 3 aromatic rings. The number of hydrogen-bond acceptors (Lipinski definition) is 9. The van der Waals surface area contributed by atoms with Crippen molar-refractivity contribution < 1.29 is 49.3 Å². The van der Waals surface area contributed by atoms with E-state index in [-0.39, 0.29) is 17.9 Å². The fourth-order valence-corrected chi connectivity index (χ4v) is 3.46. The highest BCUT2D eigenvalue weighted by molar-refractivity contribution is 5.91. The van der Waals surface area contributed by atoms with Crippen molar-refractivity contribution >= 4 is 5.97 Å². The molecule has 1 aliphatic heterocycles. The number of phenolic OH excluding ortho intramolecular Hbond substituents is 6. The predicted octanol–water partition coefficient (Wildman–Crippen LogP) is 2.96. The first-order valence-electron chi connectivity index (χ1n) is 9.31. The third-order valence-corrected chi connectivity index (χ3v) is 5.10. The van der Waals surface area contributed by atoms with Crippen molar-refractivity contribution in [3.63, 3.8) is 0 Å². The summed E-state index contributed by atoms with van der Waals surface area (Å²) in [5.74, 6) is -6.82. The minimum absolute atomic E-state index is 0.0578. The Hall–Kier alpha value is -4.34. The number of ether oxygens (including phenoxy) is 2. The summed E-state index contributed by atoms with van der Waals surface area (Å²) in [5.41, 5.74) is -0.210. The number of halogens is 1. The minimum atomic E-state index is -1.50. The van der Waals surface area contributed by atoms with Crippen molar-refractivity contribution in [1.82, 2.24) is 0 Å². The predicted molar refractivity (Wildman–Crippen MR) is 106 cm³/mol. The average molecular weight is 444 g/mol. The van der Waals surface area contributed by atoms with Gasteiger partial charge in [-0.05, 0) is 24.3 Å².